The molecular weight excluding hydrogens is 827 g/mol. The Bertz CT molecular complexity index is 2240. The van der Waals surface area contributed by atoms with Crippen LogP contribution in [0.1, 0.15) is 69.4 Å². The van der Waals surface area contributed by atoms with Crippen LogP contribution in [0.25, 0.3) is 4.96 Å². The summed E-state index contributed by atoms with van der Waals surface area (Å²) in [6.45, 7) is 5.35. The normalized spacial score (nSPS) is 16.3. The first-order valence-corrected chi connectivity index (χ1v) is 21.3. The number of hydrogen-bond acceptors (Lipinski definition) is 10. The lowest BCUT2D eigenvalue weighted by Gasteiger charge is -2.39. The summed E-state index contributed by atoms with van der Waals surface area (Å²) in [7, 11) is -0.830. The molecule has 0 bridgehead atoms. The van der Waals surface area contributed by atoms with Gasteiger partial charge in [0.2, 0.25) is 0 Å². The number of carbonyl (C=O) groups is 2. The number of methoxy groups -OCH3 is 2. The molecule has 7 rings (SSSR count). The Morgan fingerprint density at radius 1 is 0.925 bits per heavy atom. The maximum Gasteiger partial charge on any atom is 0.264 e. The van der Waals surface area contributed by atoms with Crippen molar-refractivity contribution in [3.05, 3.63) is 106 Å². The van der Waals surface area contributed by atoms with E-state index in [4.69, 9.17) is 9.47 Å². The fraction of sp³-hybridized carbons (Fsp3) is 0.342. The number of benzene rings is 3. The van der Waals surface area contributed by atoms with Crippen molar-refractivity contribution in [1.82, 2.24) is 23.9 Å². The molecule has 1 saturated heterocycles. The number of imide groups is 1. The van der Waals surface area contributed by atoms with Gasteiger partial charge in [0.1, 0.15) is 0 Å². The molecule has 1 N–H and O–H groups in total. The van der Waals surface area contributed by atoms with Gasteiger partial charge in [-0.3, -0.25) is 23.8 Å². The summed E-state index contributed by atoms with van der Waals surface area (Å²) >= 11 is 3.48. The summed E-state index contributed by atoms with van der Waals surface area (Å²) < 4.78 is 42.9. The van der Waals surface area contributed by atoms with Crippen LogP contribution in [-0.2, 0) is 14.5 Å². The van der Waals surface area contributed by atoms with Gasteiger partial charge in [0.25, 0.3) is 21.8 Å². The van der Waals surface area contributed by atoms with Crippen molar-refractivity contribution >= 4 is 66.4 Å². The molecule has 4 heterocycles. The number of nitrogens with one attached hydrogen (secondary N) is 1. The van der Waals surface area contributed by atoms with Crippen LogP contribution in [0.5, 0.6) is 11.5 Å². The van der Waals surface area contributed by atoms with E-state index in [2.05, 4.69) is 73.3 Å². The SMILES string of the molecule is COc1ccc(C(CCCNS(=O)(=O)c2c(CI)nc3sccn23)N2C(=O)c3cccc(N4CCN([C@H](C)c5ccccc5)CC4)c3C2=O)cc1OC. The Hall–Kier alpha value is -4.03. The third-order valence-electron chi connectivity index (χ3n) is 10.1. The van der Waals surface area contributed by atoms with Crippen LogP contribution in [0.2, 0.25) is 0 Å². The molecule has 2 amide bonds. The van der Waals surface area contributed by atoms with Crippen LogP contribution in [0.3, 0.4) is 0 Å². The summed E-state index contributed by atoms with van der Waals surface area (Å²) in [6.07, 6.45) is 2.34. The number of rotatable bonds is 14. The van der Waals surface area contributed by atoms with Gasteiger partial charge in [-0.15, -0.1) is 11.3 Å². The van der Waals surface area contributed by atoms with Gasteiger partial charge < -0.3 is 14.4 Å². The van der Waals surface area contributed by atoms with E-state index in [1.54, 1.807) is 41.3 Å². The lowest BCUT2D eigenvalue weighted by Crippen LogP contribution is -2.47. The molecule has 0 spiro atoms. The van der Waals surface area contributed by atoms with Crippen LogP contribution >= 0.6 is 33.9 Å². The summed E-state index contributed by atoms with van der Waals surface area (Å²) in [5.41, 5.74) is 3.95. The lowest BCUT2D eigenvalue weighted by molar-refractivity contribution is 0.0572. The Balaban J connectivity index is 1.12. The summed E-state index contributed by atoms with van der Waals surface area (Å²) in [4.78, 5) is 39.8. The number of anilines is 1. The predicted molar refractivity (Wildman–Crippen MR) is 213 cm³/mol. The molecule has 53 heavy (non-hydrogen) atoms. The highest BCUT2D eigenvalue weighted by Crippen LogP contribution is 2.41. The molecule has 0 aliphatic carbocycles. The molecule has 12 nitrogen and oxygen atoms in total. The van der Waals surface area contributed by atoms with E-state index >= 15 is 0 Å². The third kappa shape index (κ3) is 7.16. The van der Waals surface area contributed by atoms with Crippen molar-refractivity contribution in [1.29, 1.82) is 0 Å². The van der Waals surface area contributed by atoms with Gasteiger partial charge in [-0.2, -0.15) is 0 Å². The van der Waals surface area contributed by atoms with Crippen molar-refractivity contribution in [3.8, 4) is 11.5 Å². The molecular formula is C38H41IN6O6S2. The van der Waals surface area contributed by atoms with E-state index in [9.17, 15) is 18.0 Å². The third-order valence-corrected chi connectivity index (χ3v) is 13.1. The topological polar surface area (TPSA) is 126 Å². The highest BCUT2D eigenvalue weighted by Gasteiger charge is 2.43. The number of sulfonamides is 1. The van der Waals surface area contributed by atoms with Crippen molar-refractivity contribution in [2.45, 2.75) is 41.3 Å². The number of ether oxygens (including phenoxy) is 2. The average molecular weight is 869 g/mol. The molecule has 0 saturated carbocycles. The minimum atomic E-state index is -3.91. The number of thiazole rings is 1. The number of halogens is 1. The molecule has 3 aromatic carbocycles. The Kier molecular flexibility index (Phi) is 11.1. The fourth-order valence-electron chi connectivity index (χ4n) is 7.38. The zero-order chi connectivity index (χ0) is 37.3. The van der Waals surface area contributed by atoms with E-state index in [0.29, 0.717) is 69.2 Å². The van der Waals surface area contributed by atoms with Crippen LogP contribution in [-0.4, -0.2) is 86.4 Å². The van der Waals surface area contributed by atoms with E-state index < -0.39 is 16.1 Å². The number of hydrogen-bond donors (Lipinski definition) is 1. The fourth-order valence-corrected chi connectivity index (χ4v) is 10.3. The molecule has 2 aliphatic rings. The number of nitrogens with zero attached hydrogens (tertiary/aromatic N) is 5. The second-order valence-electron chi connectivity index (χ2n) is 13.0. The molecule has 2 atom stereocenters. The first kappa shape index (κ1) is 37.3. The summed E-state index contributed by atoms with van der Waals surface area (Å²) in [6, 6.07) is 20.8. The standard InChI is InChI=1S/C38H41IN6O6S2/c1-25(26-9-5-4-6-10-26)42-17-19-43(20-18-42)31-12-7-11-28-34(31)36(47)45(35(28)46)30(27-14-15-32(50-2)33(23-27)51-3)13-8-16-40-53(48,49)37-29(24-39)41-38-44(37)21-22-52-38/h4-7,9-12,14-15,21-23,25,30,40H,8,13,16-20,24H2,1-3H3/t25-,30?/m1/s1. The second-order valence-corrected chi connectivity index (χ2v) is 16.3. The van der Waals surface area contributed by atoms with Crippen molar-refractivity contribution in [3.63, 3.8) is 0 Å². The van der Waals surface area contributed by atoms with E-state index in [0.717, 1.165) is 18.8 Å². The zero-order valence-electron chi connectivity index (χ0n) is 29.7. The molecule has 1 unspecified atom stereocenters. The largest absolute Gasteiger partial charge is 0.493 e. The van der Waals surface area contributed by atoms with Gasteiger partial charge in [0, 0.05) is 54.8 Å². The Morgan fingerprint density at radius 3 is 2.40 bits per heavy atom. The number of imidazole rings is 1. The molecule has 278 valence electrons. The quantitative estimate of drug-likeness (QED) is 0.0591. The molecule has 5 aromatic rings. The number of alkyl halides is 1. The number of aromatic nitrogens is 2. The maximum absolute atomic E-state index is 14.5. The monoisotopic (exact) mass is 868 g/mol. The van der Waals surface area contributed by atoms with E-state index in [1.165, 1.54) is 28.9 Å². The first-order chi connectivity index (χ1) is 25.7. The molecule has 1 fully saturated rings. The molecule has 2 aliphatic heterocycles. The summed E-state index contributed by atoms with van der Waals surface area (Å²) in [5.74, 6) is 0.225. The smallest absolute Gasteiger partial charge is 0.264 e. The van der Waals surface area contributed by atoms with Crippen LogP contribution in [0, 0.1) is 0 Å². The summed E-state index contributed by atoms with van der Waals surface area (Å²) in [5, 5.41) is 1.93. The zero-order valence-corrected chi connectivity index (χ0v) is 33.5. The van der Waals surface area contributed by atoms with Gasteiger partial charge in [-0.25, -0.2) is 18.1 Å². The van der Waals surface area contributed by atoms with Gasteiger partial charge in [0.15, 0.2) is 21.5 Å². The minimum Gasteiger partial charge on any atom is -0.493 e. The first-order valence-electron chi connectivity index (χ1n) is 17.4. The van der Waals surface area contributed by atoms with Crippen LogP contribution in [0.15, 0.2) is 83.3 Å². The lowest BCUT2D eigenvalue weighted by atomic mass is 9.99. The van der Waals surface area contributed by atoms with Gasteiger partial charge in [-0.1, -0.05) is 65.1 Å². The number of piperazine rings is 1. The van der Waals surface area contributed by atoms with Crippen LogP contribution < -0.4 is 19.1 Å². The number of fused-ring (bicyclic) bond motifs is 2. The maximum atomic E-state index is 14.5. The van der Waals surface area contributed by atoms with Crippen LogP contribution in [0.4, 0.5) is 5.69 Å². The Morgan fingerprint density at radius 2 is 1.68 bits per heavy atom. The van der Waals surface area contributed by atoms with Crippen molar-refractivity contribution in [2.75, 3.05) is 51.8 Å². The highest BCUT2D eigenvalue weighted by atomic mass is 127. The minimum absolute atomic E-state index is 0.0876. The Labute approximate surface area is 326 Å². The predicted octanol–water partition coefficient (Wildman–Crippen LogP) is 6.33. The van der Waals surface area contributed by atoms with Gasteiger partial charge >= 0.3 is 0 Å². The molecule has 15 heteroatoms. The number of carbonyl (C=O) groups excluding carboxylic acids is 2. The molecule has 0 radical (unpaired) electrons. The van der Waals surface area contributed by atoms with E-state index in [-0.39, 0.29) is 29.4 Å². The number of amides is 2. The van der Waals surface area contributed by atoms with Crippen molar-refractivity contribution < 1.29 is 27.5 Å². The van der Waals surface area contributed by atoms with Crippen molar-refractivity contribution in [2.24, 2.45) is 0 Å². The van der Waals surface area contributed by atoms with Gasteiger partial charge in [-0.05, 0) is 55.2 Å². The average Bonchev–Trinajstić information content (AvgIpc) is 3.86. The van der Waals surface area contributed by atoms with Gasteiger partial charge in [0.05, 0.1) is 42.8 Å². The van der Waals surface area contributed by atoms with E-state index in [1.807, 2.05) is 24.3 Å². The molecule has 2 aromatic heterocycles. The highest BCUT2D eigenvalue weighted by molar-refractivity contribution is 14.1. The second kappa shape index (κ2) is 15.8.